The molecule has 110 valence electrons. The van der Waals surface area contributed by atoms with Gasteiger partial charge in [-0.2, -0.15) is 0 Å². The summed E-state index contributed by atoms with van der Waals surface area (Å²) in [5.41, 5.74) is 0.471. The number of methoxy groups -OCH3 is 1. The van der Waals surface area contributed by atoms with Crippen LogP contribution in [0, 0.1) is 0 Å². The average molecular weight is 345 g/mol. The monoisotopic (exact) mass is 344 g/mol. The predicted octanol–water partition coefficient (Wildman–Crippen LogP) is 2.78. The second-order valence-electron chi connectivity index (χ2n) is 4.15. The van der Waals surface area contributed by atoms with Crippen LogP contribution in [0.25, 0.3) is 0 Å². The second kappa shape index (κ2) is 7.14. The molecule has 0 saturated carbocycles. The average Bonchev–Trinajstić information content (AvgIpc) is 2.39. The Labute approximate surface area is 125 Å². The lowest BCUT2D eigenvalue weighted by Crippen LogP contribution is -2.44. The van der Waals surface area contributed by atoms with Gasteiger partial charge in [-0.05, 0) is 24.6 Å². The third kappa shape index (κ3) is 3.86. The molecule has 2 N–H and O–H groups in total. The van der Waals surface area contributed by atoms with Crippen molar-refractivity contribution in [1.82, 2.24) is 4.90 Å². The molecule has 1 atom stereocenters. The van der Waals surface area contributed by atoms with Crippen molar-refractivity contribution in [2.24, 2.45) is 0 Å². The summed E-state index contributed by atoms with van der Waals surface area (Å²) in [5, 5.41) is 11.7. The first kappa shape index (κ1) is 16.3. The molecule has 0 bridgehead atoms. The number of halogens is 1. The number of rotatable bonds is 5. The molecular weight excluding hydrogens is 328 g/mol. The van der Waals surface area contributed by atoms with Gasteiger partial charge in [0.15, 0.2) is 0 Å². The Morgan fingerprint density at radius 1 is 1.50 bits per heavy atom. The van der Waals surface area contributed by atoms with Gasteiger partial charge in [-0.15, -0.1) is 0 Å². The third-order valence-electron chi connectivity index (χ3n) is 2.86. The standard InChI is InChI=1S/C13H17BrN2O4/c1-4-10(12(17)18)16(2)13(19)15-9-7-8(14)5-6-11(9)20-3/h5-7,10H,4H2,1-3H3,(H,15,19)(H,17,18). The molecule has 1 aromatic carbocycles. The SMILES string of the molecule is CCC(C(=O)O)N(C)C(=O)Nc1cc(Br)ccc1OC. The first-order valence-electron chi connectivity index (χ1n) is 6.00. The minimum atomic E-state index is -1.04. The summed E-state index contributed by atoms with van der Waals surface area (Å²) >= 11 is 3.30. The first-order valence-corrected chi connectivity index (χ1v) is 6.80. The van der Waals surface area contributed by atoms with Crippen molar-refractivity contribution < 1.29 is 19.4 Å². The number of urea groups is 1. The van der Waals surface area contributed by atoms with E-state index in [2.05, 4.69) is 21.2 Å². The minimum absolute atomic E-state index is 0.328. The third-order valence-corrected chi connectivity index (χ3v) is 3.36. The molecule has 6 nitrogen and oxygen atoms in total. The molecule has 0 aliphatic heterocycles. The van der Waals surface area contributed by atoms with Crippen LogP contribution in [0.4, 0.5) is 10.5 Å². The quantitative estimate of drug-likeness (QED) is 0.860. The van der Waals surface area contributed by atoms with E-state index in [0.29, 0.717) is 17.9 Å². The molecule has 1 unspecified atom stereocenters. The van der Waals surface area contributed by atoms with Crippen molar-refractivity contribution >= 4 is 33.6 Å². The lowest BCUT2D eigenvalue weighted by molar-refractivity contribution is -0.141. The zero-order chi connectivity index (χ0) is 15.3. The molecule has 2 amide bonds. The van der Waals surface area contributed by atoms with E-state index in [1.807, 2.05) is 0 Å². The van der Waals surface area contributed by atoms with Gasteiger partial charge in [0.2, 0.25) is 0 Å². The smallest absolute Gasteiger partial charge is 0.326 e. The summed E-state index contributed by atoms with van der Waals surface area (Å²) in [5.74, 6) is -0.537. The highest BCUT2D eigenvalue weighted by Crippen LogP contribution is 2.28. The number of ether oxygens (including phenoxy) is 1. The summed E-state index contributed by atoms with van der Waals surface area (Å²) in [4.78, 5) is 24.3. The minimum Gasteiger partial charge on any atom is -0.495 e. The van der Waals surface area contributed by atoms with Gasteiger partial charge in [0.05, 0.1) is 12.8 Å². The number of carbonyl (C=O) groups excluding carboxylic acids is 1. The largest absolute Gasteiger partial charge is 0.495 e. The second-order valence-corrected chi connectivity index (χ2v) is 5.06. The molecule has 1 aromatic rings. The molecule has 0 fully saturated rings. The number of hydrogen-bond donors (Lipinski definition) is 2. The van der Waals surface area contributed by atoms with Crippen LogP contribution < -0.4 is 10.1 Å². The number of benzene rings is 1. The number of amides is 2. The lowest BCUT2D eigenvalue weighted by atomic mass is 10.2. The molecule has 0 aliphatic rings. The van der Waals surface area contributed by atoms with E-state index < -0.39 is 18.0 Å². The molecule has 0 aromatic heterocycles. The van der Waals surface area contributed by atoms with Gasteiger partial charge >= 0.3 is 12.0 Å². The summed E-state index contributed by atoms with van der Waals surface area (Å²) in [6.07, 6.45) is 0.328. The Balaban J connectivity index is 2.90. The van der Waals surface area contributed by atoms with E-state index in [4.69, 9.17) is 9.84 Å². The zero-order valence-electron chi connectivity index (χ0n) is 11.5. The number of hydrogen-bond acceptors (Lipinski definition) is 3. The number of carboxylic acid groups (broad SMARTS) is 1. The number of likely N-dealkylation sites (N-methyl/N-ethyl adjacent to an activating group) is 1. The maximum atomic E-state index is 12.1. The topological polar surface area (TPSA) is 78.9 Å². The molecule has 7 heteroatoms. The lowest BCUT2D eigenvalue weighted by Gasteiger charge is -2.24. The van der Waals surface area contributed by atoms with Crippen LogP contribution in [0.2, 0.25) is 0 Å². The normalized spacial score (nSPS) is 11.6. The highest BCUT2D eigenvalue weighted by atomic mass is 79.9. The van der Waals surface area contributed by atoms with Crippen LogP contribution in [0.1, 0.15) is 13.3 Å². The predicted molar refractivity (Wildman–Crippen MR) is 79.2 cm³/mol. The number of nitrogens with zero attached hydrogens (tertiary/aromatic N) is 1. The van der Waals surface area contributed by atoms with Gasteiger partial charge < -0.3 is 20.1 Å². The number of nitrogens with one attached hydrogen (secondary N) is 1. The summed E-state index contributed by atoms with van der Waals surface area (Å²) in [6.45, 7) is 1.71. The van der Waals surface area contributed by atoms with Crippen molar-refractivity contribution in [2.75, 3.05) is 19.5 Å². The van der Waals surface area contributed by atoms with Gasteiger partial charge in [0.25, 0.3) is 0 Å². The number of carboxylic acids is 1. The van der Waals surface area contributed by atoms with E-state index >= 15 is 0 Å². The molecule has 1 rings (SSSR count). The number of aliphatic carboxylic acids is 1. The molecule has 0 saturated heterocycles. The Bertz CT molecular complexity index is 507. The highest BCUT2D eigenvalue weighted by Gasteiger charge is 2.25. The fourth-order valence-corrected chi connectivity index (χ4v) is 2.10. The summed E-state index contributed by atoms with van der Waals surface area (Å²) in [6, 6.07) is 3.80. The van der Waals surface area contributed by atoms with Crippen LogP contribution in [0.5, 0.6) is 5.75 Å². The van der Waals surface area contributed by atoms with Crippen molar-refractivity contribution in [3.05, 3.63) is 22.7 Å². The van der Waals surface area contributed by atoms with Crippen LogP contribution in [-0.2, 0) is 4.79 Å². The molecular formula is C13H17BrN2O4. The summed E-state index contributed by atoms with van der Waals surface area (Å²) in [7, 11) is 2.94. The fraction of sp³-hybridized carbons (Fsp3) is 0.385. The highest BCUT2D eigenvalue weighted by molar-refractivity contribution is 9.10. The van der Waals surface area contributed by atoms with Crippen LogP contribution in [0.15, 0.2) is 22.7 Å². The maximum Gasteiger partial charge on any atom is 0.326 e. The fourth-order valence-electron chi connectivity index (χ4n) is 1.74. The zero-order valence-corrected chi connectivity index (χ0v) is 13.1. The van der Waals surface area contributed by atoms with Crippen molar-refractivity contribution in [1.29, 1.82) is 0 Å². The molecule has 20 heavy (non-hydrogen) atoms. The van der Waals surface area contributed by atoms with E-state index in [1.165, 1.54) is 14.2 Å². The van der Waals surface area contributed by atoms with Crippen LogP contribution in [-0.4, -0.2) is 42.2 Å². The van der Waals surface area contributed by atoms with E-state index in [1.54, 1.807) is 25.1 Å². The van der Waals surface area contributed by atoms with Crippen molar-refractivity contribution in [3.8, 4) is 5.75 Å². The molecule has 0 heterocycles. The van der Waals surface area contributed by atoms with Crippen LogP contribution in [0.3, 0.4) is 0 Å². The summed E-state index contributed by atoms with van der Waals surface area (Å²) < 4.78 is 5.92. The molecule has 0 spiro atoms. The van der Waals surface area contributed by atoms with E-state index in [0.717, 1.165) is 9.37 Å². The van der Waals surface area contributed by atoms with Gasteiger partial charge in [0, 0.05) is 11.5 Å². The molecule has 0 radical (unpaired) electrons. The van der Waals surface area contributed by atoms with Crippen molar-refractivity contribution in [2.45, 2.75) is 19.4 Å². The first-order chi connectivity index (χ1) is 9.40. The Kier molecular flexibility index (Phi) is 5.82. The molecule has 0 aliphatic carbocycles. The maximum absolute atomic E-state index is 12.1. The Morgan fingerprint density at radius 2 is 2.15 bits per heavy atom. The van der Waals surface area contributed by atoms with E-state index in [-0.39, 0.29) is 0 Å². The number of anilines is 1. The van der Waals surface area contributed by atoms with E-state index in [9.17, 15) is 9.59 Å². The van der Waals surface area contributed by atoms with Gasteiger partial charge in [0.1, 0.15) is 11.8 Å². The van der Waals surface area contributed by atoms with Gasteiger partial charge in [-0.25, -0.2) is 9.59 Å². The van der Waals surface area contributed by atoms with Crippen LogP contribution >= 0.6 is 15.9 Å². The Hall–Kier alpha value is -1.76. The van der Waals surface area contributed by atoms with Gasteiger partial charge in [-0.3, -0.25) is 0 Å². The Morgan fingerprint density at radius 3 is 2.65 bits per heavy atom. The number of carbonyl (C=O) groups is 2. The van der Waals surface area contributed by atoms with Gasteiger partial charge in [-0.1, -0.05) is 22.9 Å². The van der Waals surface area contributed by atoms with Crippen molar-refractivity contribution in [3.63, 3.8) is 0 Å².